The lowest BCUT2D eigenvalue weighted by atomic mass is 9.87. The van der Waals surface area contributed by atoms with E-state index in [-0.39, 0.29) is 31.1 Å². The van der Waals surface area contributed by atoms with E-state index in [1.807, 2.05) is 0 Å². The van der Waals surface area contributed by atoms with Gasteiger partial charge in [0.2, 0.25) is 0 Å². The lowest BCUT2D eigenvalue weighted by molar-refractivity contribution is -0.139. The van der Waals surface area contributed by atoms with Gasteiger partial charge >= 0.3 is 18.2 Å². The van der Waals surface area contributed by atoms with Gasteiger partial charge in [0.05, 0.1) is 17.7 Å². The summed E-state index contributed by atoms with van der Waals surface area (Å²) in [4.78, 5) is 26.7. The molecule has 0 aromatic heterocycles. The molecule has 0 saturated carbocycles. The normalized spacial score (nSPS) is 18.9. The summed E-state index contributed by atoms with van der Waals surface area (Å²) in [6.07, 6.45) is -2.69. The van der Waals surface area contributed by atoms with E-state index in [1.54, 1.807) is 39.8 Å². The van der Waals surface area contributed by atoms with Crippen molar-refractivity contribution in [3.05, 3.63) is 58.2 Å². The van der Waals surface area contributed by atoms with E-state index >= 15 is 0 Å². The molecule has 1 unspecified atom stereocenters. The predicted molar refractivity (Wildman–Crippen MR) is 113 cm³/mol. The fourth-order valence-corrected chi connectivity index (χ4v) is 4.12. The Labute approximate surface area is 185 Å². The molecule has 32 heavy (non-hydrogen) atoms. The number of halogens is 3. The first-order valence-electron chi connectivity index (χ1n) is 10.6. The zero-order valence-corrected chi connectivity index (χ0v) is 18.7. The average molecular weight is 451 g/mol. The van der Waals surface area contributed by atoms with Crippen molar-refractivity contribution in [1.29, 1.82) is 0 Å². The third kappa shape index (κ3) is 5.34. The highest BCUT2D eigenvalue weighted by Crippen LogP contribution is 2.41. The molecule has 1 aliphatic heterocycles. The second-order valence-electron chi connectivity index (χ2n) is 8.92. The number of esters is 1. The van der Waals surface area contributed by atoms with Crippen molar-refractivity contribution in [3.63, 3.8) is 0 Å². The van der Waals surface area contributed by atoms with E-state index in [1.165, 1.54) is 17.0 Å². The summed E-state index contributed by atoms with van der Waals surface area (Å²) in [5.74, 6) is -0.897. The second-order valence-corrected chi connectivity index (χ2v) is 8.92. The summed E-state index contributed by atoms with van der Waals surface area (Å²) >= 11 is 0. The Bertz CT molecular complexity index is 957. The largest absolute Gasteiger partial charge is 0.462 e. The average Bonchev–Trinajstić information content (AvgIpc) is 3.04. The number of hydrogen-bond acceptors (Lipinski definition) is 4. The molecule has 1 aromatic rings. The first kappa shape index (κ1) is 23.9. The van der Waals surface area contributed by atoms with E-state index in [0.29, 0.717) is 24.1 Å². The minimum absolute atomic E-state index is 0.115. The van der Waals surface area contributed by atoms with Crippen LogP contribution in [-0.4, -0.2) is 42.3 Å². The molecule has 1 aliphatic carbocycles. The van der Waals surface area contributed by atoms with Crippen molar-refractivity contribution < 1.29 is 32.2 Å². The Hall–Kier alpha value is -2.77. The van der Waals surface area contributed by atoms with Gasteiger partial charge in [0.15, 0.2) is 0 Å². The number of alkyl halides is 3. The van der Waals surface area contributed by atoms with Crippen LogP contribution >= 0.6 is 0 Å². The minimum Gasteiger partial charge on any atom is -0.462 e. The molecule has 1 amide bonds. The molecular weight excluding hydrogens is 423 g/mol. The van der Waals surface area contributed by atoms with Gasteiger partial charge in [0, 0.05) is 19.0 Å². The molecule has 1 aromatic carbocycles. The molecule has 3 rings (SSSR count). The van der Waals surface area contributed by atoms with Gasteiger partial charge in [-0.05, 0) is 57.7 Å². The van der Waals surface area contributed by atoms with Crippen LogP contribution in [0, 0.1) is 5.92 Å². The number of rotatable bonds is 4. The highest BCUT2D eigenvalue weighted by molar-refractivity contribution is 5.95. The number of benzene rings is 1. The first-order chi connectivity index (χ1) is 14.9. The second kappa shape index (κ2) is 9.00. The molecule has 8 heteroatoms. The van der Waals surface area contributed by atoms with Crippen LogP contribution in [0.5, 0.6) is 0 Å². The number of hydrogen-bond donors (Lipinski definition) is 0. The van der Waals surface area contributed by atoms with E-state index in [4.69, 9.17) is 9.47 Å². The number of carbonyl (C=O) groups is 2. The molecule has 0 bridgehead atoms. The van der Waals surface area contributed by atoms with Crippen LogP contribution in [0.4, 0.5) is 18.0 Å². The van der Waals surface area contributed by atoms with Crippen molar-refractivity contribution in [3.8, 4) is 0 Å². The summed E-state index contributed by atoms with van der Waals surface area (Å²) in [6.45, 7) is 7.71. The molecule has 1 heterocycles. The van der Waals surface area contributed by atoms with Crippen LogP contribution in [0.1, 0.15) is 45.2 Å². The van der Waals surface area contributed by atoms with Crippen molar-refractivity contribution in [2.75, 3.05) is 19.7 Å². The topological polar surface area (TPSA) is 55.8 Å². The van der Waals surface area contributed by atoms with E-state index in [0.717, 1.165) is 11.6 Å². The zero-order chi connectivity index (χ0) is 23.7. The van der Waals surface area contributed by atoms with Crippen molar-refractivity contribution in [2.45, 2.75) is 52.3 Å². The van der Waals surface area contributed by atoms with Crippen LogP contribution in [0.2, 0.25) is 0 Å². The summed E-state index contributed by atoms with van der Waals surface area (Å²) in [5.41, 5.74) is 0.689. The predicted octanol–water partition coefficient (Wildman–Crippen LogP) is 5.30. The van der Waals surface area contributed by atoms with Gasteiger partial charge in [0.1, 0.15) is 5.60 Å². The molecule has 174 valence electrons. The molecule has 0 saturated heterocycles. The Morgan fingerprint density at radius 2 is 1.84 bits per heavy atom. The van der Waals surface area contributed by atoms with Crippen LogP contribution < -0.4 is 0 Å². The lowest BCUT2D eigenvalue weighted by Crippen LogP contribution is -2.41. The maximum absolute atomic E-state index is 13.5. The zero-order valence-electron chi connectivity index (χ0n) is 18.7. The van der Waals surface area contributed by atoms with Crippen molar-refractivity contribution in [2.24, 2.45) is 5.92 Å². The molecule has 2 aliphatic rings. The van der Waals surface area contributed by atoms with Gasteiger partial charge in [0.25, 0.3) is 0 Å². The van der Waals surface area contributed by atoms with Gasteiger partial charge in [-0.3, -0.25) is 0 Å². The third-order valence-electron chi connectivity index (χ3n) is 5.44. The monoisotopic (exact) mass is 451 g/mol. The van der Waals surface area contributed by atoms with Crippen LogP contribution in [0.3, 0.4) is 0 Å². The number of carbonyl (C=O) groups excluding carboxylic acids is 2. The summed E-state index contributed by atoms with van der Waals surface area (Å²) in [5, 5.41) is 0. The number of ether oxygens (including phenoxy) is 2. The summed E-state index contributed by atoms with van der Waals surface area (Å²) < 4.78 is 51.0. The van der Waals surface area contributed by atoms with Gasteiger partial charge in [-0.2, -0.15) is 13.2 Å². The Morgan fingerprint density at radius 3 is 2.47 bits per heavy atom. The van der Waals surface area contributed by atoms with Crippen LogP contribution in [0.25, 0.3) is 0 Å². The molecular formula is C24H28F3NO4. The quantitative estimate of drug-likeness (QED) is 0.583. The molecule has 0 radical (unpaired) electrons. The molecule has 1 atom stereocenters. The molecule has 0 N–H and O–H groups in total. The first-order valence-corrected chi connectivity index (χ1v) is 10.6. The van der Waals surface area contributed by atoms with Crippen LogP contribution in [-0.2, 0) is 26.9 Å². The maximum atomic E-state index is 13.5. The fourth-order valence-electron chi connectivity index (χ4n) is 4.12. The molecule has 0 fully saturated rings. The molecule has 0 spiro atoms. The van der Waals surface area contributed by atoms with Gasteiger partial charge in [-0.1, -0.05) is 29.8 Å². The third-order valence-corrected chi connectivity index (χ3v) is 5.44. The SMILES string of the molecule is CCOC(=O)C1=CC(Cc2ccccc2C(F)(F)F)C2=C1CN(C(=O)OC(C)(C)C)CC2. The smallest absolute Gasteiger partial charge is 0.416 e. The minimum atomic E-state index is -4.46. The Morgan fingerprint density at radius 1 is 1.16 bits per heavy atom. The van der Waals surface area contributed by atoms with Crippen LogP contribution in [0.15, 0.2) is 47.1 Å². The van der Waals surface area contributed by atoms with Gasteiger partial charge < -0.3 is 14.4 Å². The molecule has 5 nitrogen and oxygen atoms in total. The lowest BCUT2D eigenvalue weighted by Gasteiger charge is -2.32. The highest BCUT2D eigenvalue weighted by atomic mass is 19.4. The number of nitrogens with zero attached hydrogens (tertiary/aromatic N) is 1. The van der Waals surface area contributed by atoms with Gasteiger partial charge in [-0.15, -0.1) is 0 Å². The number of amides is 1. The van der Waals surface area contributed by atoms with Gasteiger partial charge in [-0.25, -0.2) is 9.59 Å². The standard InChI is InChI=1S/C24H28F3NO4/c1-5-31-21(29)18-13-16(12-15-8-6-7-9-20(15)24(25,26)27)17-10-11-28(14-19(17)18)22(30)32-23(2,3)4/h6-9,13,16H,5,10-12,14H2,1-4H3. The van der Waals surface area contributed by atoms with E-state index in [9.17, 15) is 22.8 Å². The summed E-state index contributed by atoms with van der Waals surface area (Å²) in [6, 6.07) is 5.48. The van der Waals surface area contributed by atoms with Crippen molar-refractivity contribution in [1.82, 2.24) is 4.90 Å². The summed E-state index contributed by atoms with van der Waals surface area (Å²) in [7, 11) is 0. The Kier molecular flexibility index (Phi) is 6.72. The Balaban J connectivity index is 1.91. The highest BCUT2D eigenvalue weighted by Gasteiger charge is 2.38. The number of allylic oxidation sites excluding steroid dienone is 1. The maximum Gasteiger partial charge on any atom is 0.416 e. The van der Waals surface area contributed by atoms with E-state index < -0.39 is 29.4 Å². The fraction of sp³-hybridized carbons (Fsp3) is 0.500. The van der Waals surface area contributed by atoms with Crippen molar-refractivity contribution >= 4 is 12.1 Å². The van der Waals surface area contributed by atoms with E-state index in [2.05, 4.69) is 0 Å².